The molecule has 2 saturated heterocycles. The van der Waals surface area contributed by atoms with Gasteiger partial charge in [-0.3, -0.25) is 4.90 Å². The zero-order valence-electron chi connectivity index (χ0n) is 10.3. The first-order chi connectivity index (χ1) is 7.64. The van der Waals surface area contributed by atoms with Crippen molar-refractivity contribution in [1.29, 1.82) is 0 Å². The number of nitrogens with one attached hydrogen (secondary N) is 1. The van der Waals surface area contributed by atoms with Gasteiger partial charge in [-0.15, -0.1) is 0 Å². The molecule has 0 aromatic rings. The normalized spacial score (nSPS) is 30.9. The first-order valence-electron chi connectivity index (χ1n) is 6.29. The number of hydrogen-bond donors (Lipinski definition) is 1. The molecule has 2 aliphatic rings. The summed E-state index contributed by atoms with van der Waals surface area (Å²) in [5, 5.41) is 3.39. The molecule has 0 aromatic heterocycles. The van der Waals surface area contributed by atoms with Crippen LogP contribution in [0, 0.1) is 5.92 Å². The van der Waals surface area contributed by atoms with Gasteiger partial charge in [0.15, 0.2) is 0 Å². The van der Waals surface area contributed by atoms with Crippen molar-refractivity contribution in [2.45, 2.75) is 38.6 Å². The molecule has 0 radical (unpaired) electrons. The van der Waals surface area contributed by atoms with Crippen LogP contribution in [0.3, 0.4) is 0 Å². The van der Waals surface area contributed by atoms with Crippen LogP contribution < -0.4 is 5.32 Å². The Kier molecular flexibility index (Phi) is 3.38. The molecule has 1 unspecified atom stereocenters. The Morgan fingerprint density at radius 1 is 1.44 bits per heavy atom. The van der Waals surface area contributed by atoms with E-state index in [1.54, 1.807) is 0 Å². The Bertz CT molecular complexity index is 258. The minimum atomic E-state index is -0.115. The minimum Gasteiger partial charge on any atom is -0.447 e. The molecule has 1 spiro atoms. The number of ether oxygens (including phenoxy) is 1. The molecule has 1 amide bonds. The highest BCUT2D eigenvalue weighted by molar-refractivity contribution is 5.71. The lowest BCUT2D eigenvalue weighted by Gasteiger charge is -2.35. The molecule has 2 heterocycles. The van der Waals surface area contributed by atoms with Crippen molar-refractivity contribution in [3.8, 4) is 0 Å². The van der Waals surface area contributed by atoms with Crippen LogP contribution in [0.4, 0.5) is 4.79 Å². The standard InChI is InChI=1S/C12H22N2O2/c1-10(2)8-14-11(15)16-9-12(14)4-3-6-13-7-5-12/h10,13H,3-9H2,1-2H3. The fourth-order valence-corrected chi connectivity index (χ4v) is 2.71. The SMILES string of the molecule is CC(C)CN1C(=O)OCC12CCCNCC2. The molecule has 4 nitrogen and oxygen atoms in total. The van der Waals surface area contributed by atoms with Crippen LogP contribution in [0.15, 0.2) is 0 Å². The average molecular weight is 226 g/mol. The summed E-state index contributed by atoms with van der Waals surface area (Å²) in [6, 6.07) is 0. The molecule has 2 aliphatic heterocycles. The zero-order chi connectivity index (χ0) is 11.6. The van der Waals surface area contributed by atoms with Crippen molar-refractivity contribution < 1.29 is 9.53 Å². The van der Waals surface area contributed by atoms with Gasteiger partial charge in [-0.25, -0.2) is 4.79 Å². The van der Waals surface area contributed by atoms with Crippen molar-refractivity contribution in [3.63, 3.8) is 0 Å². The van der Waals surface area contributed by atoms with Gasteiger partial charge in [0.2, 0.25) is 0 Å². The molecule has 0 bridgehead atoms. The fourth-order valence-electron chi connectivity index (χ4n) is 2.71. The lowest BCUT2D eigenvalue weighted by molar-refractivity contribution is 0.132. The number of cyclic esters (lactones) is 1. The highest BCUT2D eigenvalue weighted by Crippen LogP contribution is 2.33. The molecule has 4 heteroatoms. The second-order valence-corrected chi connectivity index (χ2v) is 5.39. The van der Waals surface area contributed by atoms with Gasteiger partial charge < -0.3 is 10.1 Å². The molecule has 1 N–H and O–H groups in total. The first kappa shape index (κ1) is 11.7. The molecular formula is C12H22N2O2. The van der Waals surface area contributed by atoms with E-state index in [2.05, 4.69) is 19.2 Å². The number of carbonyl (C=O) groups is 1. The van der Waals surface area contributed by atoms with Crippen molar-refractivity contribution in [1.82, 2.24) is 10.2 Å². The Labute approximate surface area is 97.3 Å². The van der Waals surface area contributed by atoms with Crippen LogP contribution in [-0.2, 0) is 4.74 Å². The number of rotatable bonds is 2. The monoisotopic (exact) mass is 226 g/mol. The van der Waals surface area contributed by atoms with Gasteiger partial charge in [-0.05, 0) is 38.3 Å². The van der Waals surface area contributed by atoms with Gasteiger partial charge in [-0.1, -0.05) is 13.8 Å². The van der Waals surface area contributed by atoms with E-state index in [9.17, 15) is 4.79 Å². The van der Waals surface area contributed by atoms with Gasteiger partial charge in [0.25, 0.3) is 0 Å². The number of nitrogens with zero attached hydrogens (tertiary/aromatic N) is 1. The summed E-state index contributed by atoms with van der Waals surface area (Å²) in [5.74, 6) is 0.499. The van der Waals surface area contributed by atoms with Crippen molar-refractivity contribution in [2.75, 3.05) is 26.2 Å². The number of amides is 1. The molecule has 92 valence electrons. The van der Waals surface area contributed by atoms with E-state index >= 15 is 0 Å². The van der Waals surface area contributed by atoms with E-state index < -0.39 is 0 Å². The highest BCUT2D eigenvalue weighted by atomic mass is 16.6. The third kappa shape index (κ3) is 2.17. The van der Waals surface area contributed by atoms with Crippen molar-refractivity contribution in [2.24, 2.45) is 5.92 Å². The summed E-state index contributed by atoms with van der Waals surface area (Å²) in [5.41, 5.74) is -0.0230. The molecule has 2 fully saturated rings. The summed E-state index contributed by atoms with van der Waals surface area (Å²) in [4.78, 5) is 13.8. The minimum absolute atomic E-state index is 0.0230. The van der Waals surface area contributed by atoms with Gasteiger partial charge in [0.05, 0.1) is 5.54 Å². The van der Waals surface area contributed by atoms with Gasteiger partial charge in [-0.2, -0.15) is 0 Å². The molecule has 1 atom stereocenters. The van der Waals surface area contributed by atoms with Gasteiger partial charge >= 0.3 is 6.09 Å². The fraction of sp³-hybridized carbons (Fsp3) is 0.917. The Balaban J connectivity index is 2.13. The first-order valence-corrected chi connectivity index (χ1v) is 6.29. The maximum absolute atomic E-state index is 11.8. The molecule has 0 aliphatic carbocycles. The van der Waals surface area contributed by atoms with Crippen LogP contribution in [-0.4, -0.2) is 42.8 Å². The van der Waals surface area contributed by atoms with Crippen molar-refractivity contribution >= 4 is 6.09 Å². The van der Waals surface area contributed by atoms with E-state index in [0.717, 1.165) is 38.9 Å². The van der Waals surface area contributed by atoms with E-state index in [0.29, 0.717) is 12.5 Å². The maximum Gasteiger partial charge on any atom is 0.410 e. The summed E-state index contributed by atoms with van der Waals surface area (Å²) in [6.45, 7) is 7.75. The average Bonchev–Trinajstić information content (AvgIpc) is 2.44. The summed E-state index contributed by atoms with van der Waals surface area (Å²) >= 11 is 0. The summed E-state index contributed by atoms with van der Waals surface area (Å²) < 4.78 is 5.27. The Morgan fingerprint density at radius 3 is 3.00 bits per heavy atom. The lowest BCUT2D eigenvalue weighted by atomic mass is 9.90. The van der Waals surface area contributed by atoms with E-state index in [1.165, 1.54) is 0 Å². The van der Waals surface area contributed by atoms with Crippen LogP contribution >= 0.6 is 0 Å². The zero-order valence-corrected chi connectivity index (χ0v) is 10.3. The molecule has 0 aromatic carbocycles. The number of carbonyl (C=O) groups excluding carboxylic acids is 1. The third-order valence-corrected chi connectivity index (χ3v) is 3.57. The van der Waals surface area contributed by atoms with Crippen molar-refractivity contribution in [3.05, 3.63) is 0 Å². The largest absolute Gasteiger partial charge is 0.447 e. The smallest absolute Gasteiger partial charge is 0.410 e. The van der Waals surface area contributed by atoms with Gasteiger partial charge in [0, 0.05) is 6.54 Å². The van der Waals surface area contributed by atoms with Crippen LogP contribution in [0.2, 0.25) is 0 Å². The Morgan fingerprint density at radius 2 is 2.25 bits per heavy atom. The second-order valence-electron chi connectivity index (χ2n) is 5.39. The van der Waals surface area contributed by atoms with E-state index in [1.807, 2.05) is 4.90 Å². The molecule has 16 heavy (non-hydrogen) atoms. The quantitative estimate of drug-likeness (QED) is 0.777. The van der Waals surface area contributed by atoms with E-state index in [-0.39, 0.29) is 11.6 Å². The topological polar surface area (TPSA) is 41.6 Å². The van der Waals surface area contributed by atoms with Crippen LogP contribution in [0.1, 0.15) is 33.1 Å². The Hall–Kier alpha value is -0.770. The van der Waals surface area contributed by atoms with Crippen LogP contribution in [0.25, 0.3) is 0 Å². The predicted octanol–water partition coefficient (Wildman–Crippen LogP) is 1.61. The third-order valence-electron chi connectivity index (χ3n) is 3.57. The second kappa shape index (κ2) is 4.62. The number of hydrogen-bond acceptors (Lipinski definition) is 3. The molecule has 2 rings (SSSR count). The lowest BCUT2D eigenvalue weighted by Crippen LogP contribution is -2.49. The summed E-state index contributed by atoms with van der Waals surface area (Å²) in [6.07, 6.45) is 3.10. The molecule has 0 saturated carbocycles. The van der Waals surface area contributed by atoms with E-state index in [4.69, 9.17) is 4.74 Å². The van der Waals surface area contributed by atoms with Gasteiger partial charge in [0.1, 0.15) is 6.61 Å². The highest BCUT2D eigenvalue weighted by Gasteiger charge is 2.46. The molecular weight excluding hydrogens is 204 g/mol. The maximum atomic E-state index is 11.8. The van der Waals surface area contributed by atoms with Crippen LogP contribution in [0.5, 0.6) is 0 Å². The predicted molar refractivity (Wildman–Crippen MR) is 62.3 cm³/mol. The summed E-state index contributed by atoms with van der Waals surface area (Å²) in [7, 11) is 0.